The number of hydrogen-bond donors (Lipinski definition) is 4. The van der Waals surface area contributed by atoms with Crippen LogP contribution in [-0.2, 0) is 0 Å². The van der Waals surface area contributed by atoms with Crippen LogP contribution in [0.3, 0.4) is 0 Å². The van der Waals surface area contributed by atoms with E-state index in [9.17, 15) is 20.4 Å². The summed E-state index contributed by atoms with van der Waals surface area (Å²) in [5, 5.41) is 47.3. The molecule has 0 bridgehead atoms. The van der Waals surface area contributed by atoms with E-state index in [-0.39, 0.29) is 68.4 Å². The first-order valence-electron chi connectivity index (χ1n) is 12.6. The van der Waals surface area contributed by atoms with Crippen LogP contribution < -0.4 is 9.47 Å². The molecule has 0 saturated carbocycles. The minimum absolute atomic E-state index is 0.0892. The number of ether oxygens (including phenoxy) is 2. The molecule has 4 N–H and O–H groups in total. The molecule has 0 saturated heterocycles. The van der Waals surface area contributed by atoms with E-state index < -0.39 is 0 Å². The van der Waals surface area contributed by atoms with Gasteiger partial charge in [-0.15, -0.1) is 0 Å². The summed E-state index contributed by atoms with van der Waals surface area (Å²) in [6.07, 6.45) is -0.597. The predicted octanol–water partition coefficient (Wildman–Crippen LogP) is 7.72. The Kier molecular flexibility index (Phi) is 6.41. The Balaban J connectivity index is 1.98. The Morgan fingerprint density at radius 2 is 0.868 bits per heavy atom. The van der Waals surface area contributed by atoms with E-state index in [1.165, 1.54) is 0 Å². The molecule has 194 valence electrons. The van der Waals surface area contributed by atoms with Crippen LogP contribution in [0.2, 0.25) is 0 Å². The van der Waals surface area contributed by atoms with Gasteiger partial charge in [-0.1, -0.05) is 60.7 Å². The average molecular weight is 511 g/mol. The molecule has 0 aliphatic rings. The number of fused-ring (bicyclic) bond motifs is 3. The third kappa shape index (κ3) is 4.08. The highest BCUT2D eigenvalue weighted by atomic mass is 16.5. The summed E-state index contributed by atoms with van der Waals surface area (Å²) in [4.78, 5) is 0. The maximum absolute atomic E-state index is 11.8. The second-order valence-corrected chi connectivity index (χ2v) is 9.78. The molecule has 0 amide bonds. The summed E-state index contributed by atoms with van der Waals surface area (Å²) in [5.41, 5.74) is 1.92. The largest absolute Gasteiger partial charge is 0.507 e. The average Bonchev–Trinajstić information content (AvgIpc) is 2.90. The summed E-state index contributed by atoms with van der Waals surface area (Å²) in [7, 11) is 0. The Morgan fingerprint density at radius 3 is 1.34 bits per heavy atom. The number of aromatic hydroxyl groups is 4. The fourth-order valence-corrected chi connectivity index (χ4v) is 4.88. The van der Waals surface area contributed by atoms with E-state index in [0.717, 1.165) is 0 Å². The topological polar surface area (TPSA) is 99.4 Å². The maximum Gasteiger partial charge on any atom is 0.173 e. The van der Waals surface area contributed by atoms with Crippen LogP contribution in [0.1, 0.15) is 27.7 Å². The first-order chi connectivity index (χ1) is 18.2. The van der Waals surface area contributed by atoms with Crippen LogP contribution in [0.15, 0.2) is 72.8 Å². The van der Waals surface area contributed by atoms with Gasteiger partial charge in [0.1, 0.15) is 11.5 Å². The van der Waals surface area contributed by atoms with E-state index >= 15 is 0 Å². The molecule has 0 unspecified atom stereocenters. The monoisotopic (exact) mass is 510 g/mol. The second kappa shape index (κ2) is 9.71. The summed E-state index contributed by atoms with van der Waals surface area (Å²) < 4.78 is 12.0. The minimum atomic E-state index is -0.317. The highest BCUT2D eigenvalue weighted by Gasteiger charge is 2.29. The van der Waals surface area contributed by atoms with Gasteiger partial charge in [0.15, 0.2) is 23.0 Å². The van der Waals surface area contributed by atoms with Crippen LogP contribution in [0.5, 0.6) is 34.5 Å². The van der Waals surface area contributed by atoms with Crippen LogP contribution in [-0.4, -0.2) is 32.6 Å². The lowest BCUT2D eigenvalue weighted by atomic mass is 9.90. The van der Waals surface area contributed by atoms with Gasteiger partial charge in [-0.2, -0.15) is 0 Å². The summed E-state index contributed by atoms with van der Waals surface area (Å²) in [6.45, 7) is 7.32. The quantitative estimate of drug-likeness (QED) is 0.138. The smallest absolute Gasteiger partial charge is 0.173 e. The van der Waals surface area contributed by atoms with Crippen LogP contribution in [0, 0.1) is 0 Å². The van der Waals surface area contributed by atoms with Crippen molar-refractivity contribution in [2.75, 3.05) is 0 Å². The molecule has 0 aromatic heterocycles. The lowest BCUT2D eigenvalue weighted by molar-refractivity contribution is 0.233. The number of phenolic OH excluding ortho intramolecular Hbond substituents is 4. The summed E-state index contributed by atoms with van der Waals surface area (Å²) in [6, 6.07) is 21.5. The number of benzene rings is 5. The minimum Gasteiger partial charge on any atom is -0.507 e. The summed E-state index contributed by atoms with van der Waals surface area (Å²) >= 11 is 0. The molecule has 0 spiro atoms. The molecule has 0 fully saturated rings. The molecular weight excluding hydrogens is 480 g/mol. The van der Waals surface area contributed by atoms with Crippen molar-refractivity contribution < 1.29 is 29.9 Å². The predicted molar refractivity (Wildman–Crippen MR) is 151 cm³/mol. The zero-order valence-electron chi connectivity index (χ0n) is 21.7. The van der Waals surface area contributed by atoms with E-state index in [1.54, 1.807) is 24.3 Å². The molecular formula is C32H30O6. The second-order valence-electron chi connectivity index (χ2n) is 9.78. The SMILES string of the molecule is CC(C)Oc1c(-c2ccccc2)c(O)c2c(ccc3c(O)c(-c4ccccc4)c(OC(C)C)c(O)c32)c1O. The first kappa shape index (κ1) is 25.1. The third-order valence-corrected chi connectivity index (χ3v) is 6.38. The van der Waals surface area contributed by atoms with E-state index in [1.807, 2.05) is 76.2 Å². The van der Waals surface area contributed by atoms with Gasteiger partial charge in [-0.3, -0.25) is 0 Å². The lowest BCUT2D eigenvalue weighted by Crippen LogP contribution is -2.08. The lowest BCUT2D eigenvalue weighted by Gasteiger charge is -2.23. The molecule has 6 nitrogen and oxygen atoms in total. The van der Waals surface area contributed by atoms with Crippen LogP contribution in [0.4, 0.5) is 0 Å². The molecule has 0 aliphatic carbocycles. The van der Waals surface area contributed by atoms with Gasteiger partial charge in [-0.25, -0.2) is 0 Å². The Morgan fingerprint density at radius 1 is 0.474 bits per heavy atom. The van der Waals surface area contributed by atoms with Gasteiger partial charge in [0.05, 0.1) is 23.3 Å². The van der Waals surface area contributed by atoms with E-state index in [0.29, 0.717) is 22.1 Å². The third-order valence-electron chi connectivity index (χ3n) is 6.38. The van der Waals surface area contributed by atoms with Crippen LogP contribution in [0.25, 0.3) is 43.8 Å². The zero-order chi connectivity index (χ0) is 27.1. The van der Waals surface area contributed by atoms with Crippen molar-refractivity contribution in [3.05, 3.63) is 72.8 Å². The Hall–Kier alpha value is -4.58. The molecule has 5 aromatic carbocycles. The maximum atomic E-state index is 11.8. The van der Waals surface area contributed by atoms with E-state index in [2.05, 4.69) is 0 Å². The van der Waals surface area contributed by atoms with Crippen molar-refractivity contribution in [3.63, 3.8) is 0 Å². The molecule has 0 heterocycles. The number of hydrogen-bond acceptors (Lipinski definition) is 6. The Labute approximate surface area is 221 Å². The molecule has 5 aromatic rings. The molecule has 38 heavy (non-hydrogen) atoms. The van der Waals surface area contributed by atoms with Gasteiger partial charge in [-0.05, 0) is 51.0 Å². The van der Waals surface area contributed by atoms with Crippen molar-refractivity contribution in [3.8, 4) is 56.8 Å². The summed E-state index contributed by atoms with van der Waals surface area (Å²) in [5.74, 6) is -0.496. The van der Waals surface area contributed by atoms with Gasteiger partial charge in [0, 0.05) is 21.5 Å². The van der Waals surface area contributed by atoms with Crippen molar-refractivity contribution in [1.82, 2.24) is 0 Å². The van der Waals surface area contributed by atoms with Crippen molar-refractivity contribution in [2.24, 2.45) is 0 Å². The van der Waals surface area contributed by atoms with Crippen LogP contribution >= 0.6 is 0 Å². The zero-order valence-corrected chi connectivity index (χ0v) is 21.7. The fraction of sp³-hybridized carbons (Fsp3) is 0.188. The highest BCUT2D eigenvalue weighted by Crippen LogP contribution is 2.57. The van der Waals surface area contributed by atoms with Gasteiger partial charge in [0.2, 0.25) is 0 Å². The van der Waals surface area contributed by atoms with Crippen molar-refractivity contribution in [2.45, 2.75) is 39.9 Å². The number of rotatable bonds is 6. The van der Waals surface area contributed by atoms with Crippen molar-refractivity contribution in [1.29, 1.82) is 0 Å². The Bertz CT molecular complexity index is 1640. The van der Waals surface area contributed by atoms with Gasteiger partial charge < -0.3 is 29.9 Å². The molecule has 6 heteroatoms. The number of phenols is 4. The van der Waals surface area contributed by atoms with Crippen molar-refractivity contribution >= 4 is 21.5 Å². The molecule has 0 radical (unpaired) electrons. The van der Waals surface area contributed by atoms with Gasteiger partial charge >= 0.3 is 0 Å². The van der Waals surface area contributed by atoms with Gasteiger partial charge in [0.25, 0.3) is 0 Å². The molecule has 0 atom stereocenters. The molecule has 5 rings (SSSR count). The standard InChI is InChI=1S/C32H30O6/c1-17(2)37-31-24(20-13-9-6-10-14-20)29(35)25-22(28(31)34)16-15-21-26(25)30(36)32(38-18(3)4)23(27(21)33)19-11-7-5-8-12-19/h5-18,33-36H,1-4H3. The first-order valence-corrected chi connectivity index (χ1v) is 12.6. The fourth-order valence-electron chi connectivity index (χ4n) is 4.88. The van der Waals surface area contributed by atoms with E-state index in [4.69, 9.17) is 9.47 Å². The normalized spacial score (nSPS) is 11.5. The molecule has 0 aliphatic heterocycles. The highest BCUT2D eigenvalue weighted by molar-refractivity contribution is 6.21.